The van der Waals surface area contributed by atoms with Gasteiger partial charge in [0.25, 0.3) is 0 Å². The van der Waals surface area contributed by atoms with Crippen molar-refractivity contribution in [3.63, 3.8) is 0 Å². The molecule has 0 fully saturated rings. The van der Waals surface area contributed by atoms with Crippen LogP contribution in [0.5, 0.6) is 0 Å². The molecule has 0 saturated carbocycles. The van der Waals surface area contributed by atoms with Crippen LogP contribution in [0.1, 0.15) is 17.9 Å². The molecule has 2 heterocycles. The number of rotatable bonds is 5. The van der Waals surface area contributed by atoms with Gasteiger partial charge in [-0.05, 0) is 31.2 Å². The molecule has 0 spiro atoms. The van der Waals surface area contributed by atoms with Crippen molar-refractivity contribution in [3.05, 3.63) is 48.2 Å². The average Bonchev–Trinajstić information content (AvgIpc) is 2.94. The molecule has 0 radical (unpaired) electrons. The topological polar surface area (TPSA) is 87.4 Å². The number of hydrogen-bond donors (Lipinski definition) is 3. The Bertz CT molecular complexity index is 688. The molecule has 0 saturated heterocycles. The number of carbonyl (C=O) groups excluding carboxylic acids is 1. The van der Waals surface area contributed by atoms with E-state index in [-0.39, 0.29) is 5.76 Å². The first-order valence-corrected chi connectivity index (χ1v) is 7.03. The molecule has 0 unspecified atom stereocenters. The lowest BCUT2D eigenvalue weighted by molar-refractivity contribution is -0.274. The number of hydrogen-bond acceptors (Lipinski definition) is 4. The number of halogens is 3. The monoisotopic (exact) mass is 343 g/mol. The van der Waals surface area contributed by atoms with Crippen LogP contribution in [0.15, 0.2) is 41.1 Å². The summed E-state index contributed by atoms with van der Waals surface area (Å²) in [5.41, 5.74) is -2.74. The number of alkyl halides is 3. The molecule has 1 atom stereocenters. The molecule has 0 bridgehead atoms. The van der Waals surface area contributed by atoms with Gasteiger partial charge in [-0.25, -0.2) is 4.79 Å². The Kier molecular flexibility index (Phi) is 5.13. The molecule has 2 aromatic rings. The number of urea groups is 1. The van der Waals surface area contributed by atoms with Crippen molar-refractivity contribution < 1.29 is 27.5 Å². The summed E-state index contributed by atoms with van der Waals surface area (Å²) in [5.74, 6) is -0.361. The number of anilines is 1. The highest BCUT2D eigenvalue weighted by Gasteiger charge is 2.56. The molecule has 0 aromatic carbocycles. The zero-order valence-corrected chi connectivity index (χ0v) is 12.7. The summed E-state index contributed by atoms with van der Waals surface area (Å²) < 4.78 is 44.6. The van der Waals surface area contributed by atoms with Crippen molar-refractivity contribution in [2.75, 3.05) is 11.9 Å². The van der Waals surface area contributed by atoms with Gasteiger partial charge in [0.2, 0.25) is 5.60 Å². The van der Waals surface area contributed by atoms with Crippen molar-refractivity contribution in [2.24, 2.45) is 0 Å². The SMILES string of the molecule is Cc1ccc([C@@](O)(CCNC(=O)Nc2ccncc2)C(F)(F)F)o1. The van der Waals surface area contributed by atoms with Crippen LogP contribution in [0.25, 0.3) is 0 Å². The highest BCUT2D eigenvalue weighted by Crippen LogP contribution is 2.41. The Labute approximate surface area is 135 Å². The first-order valence-electron chi connectivity index (χ1n) is 7.03. The zero-order valence-electron chi connectivity index (χ0n) is 12.7. The number of furan rings is 1. The Hall–Kier alpha value is -2.55. The maximum Gasteiger partial charge on any atom is 0.424 e. The van der Waals surface area contributed by atoms with Gasteiger partial charge in [-0.15, -0.1) is 0 Å². The molecular weight excluding hydrogens is 327 g/mol. The third-order valence-electron chi connectivity index (χ3n) is 3.33. The summed E-state index contributed by atoms with van der Waals surface area (Å²) in [4.78, 5) is 15.4. The number of pyridine rings is 1. The van der Waals surface area contributed by atoms with E-state index < -0.39 is 36.5 Å². The smallest absolute Gasteiger partial charge is 0.424 e. The Morgan fingerprint density at radius 1 is 1.25 bits per heavy atom. The first kappa shape index (κ1) is 17.8. The van der Waals surface area contributed by atoms with E-state index >= 15 is 0 Å². The van der Waals surface area contributed by atoms with Crippen molar-refractivity contribution in [1.29, 1.82) is 0 Å². The number of aromatic nitrogens is 1. The number of nitrogens with one attached hydrogen (secondary N) is 2. The third-order valence-corrected chi connectivity index (χ3v) is 3.33. The number of amides is 2. The highest BCUT2D eigenvalue weighted by atomic mass is 19.4. The Balaban J connectivity index is 1.98. The van der Waals surface area contributed by atoms with E-state index in [1.807, 2.05) is 0 Å². The van der Waals surface area contributed by atoms with Crippen molar-refractivity contribution >= 4 is 11.7 Å². The number of nitrogens with zero attached hydrogens (tertiary/aromatic N) is 1. The molecule has 130 valence electrons. The number of aliphatic hydroxyl groups is 1. The summed E-state index contributed by atoms with van der Waals surface area (Å²) in [6, 6.07) is 4.76. The predicted molar refractivity (Wildman–Crippen MR) is 79.3 cm³/mol. The molecule has 0 aliphatic carbocycles. The maximum atomic E-state index is 13.2. The maximum absolute atomic E-state index is 13.2. The Morgan fingerprint density at radius 3 is 2.46 bits per heavy atom. The second-order valence-electron chi connectivity index (χ2n) is 5.14. The fraction of sp³-hybridized carbons (Fsp3) is 0.333. The van der Waals surface area contributed by atoms with Gasteiger partial charge < -0.3 is 20.2 Å². The average molecular weight is 343 g/mol. The molecule has 2 amide bonds. The van der Waals surface area contributed by atoms with Gasteiger partial charge in [-0.3, -0.25) is 4.98 Å². The lowest BCUT2D eigenvalue weighted by Crippen LogP contribution is -2.45. The number of aryl methyl sites for hydroxylation is 1. The molecule has 6 nitrogen and oxygen atoms in total. The van der Waals surface area contributed by atoms with Crippen LogP contribution in [-0.2, 0) is 5.60 Å². The predicted octanol–water partition coefficient (Wildman–Crippen LogP) is 2.94. The lowest BCUT2D eigenvalue weighted by atomic mass is 9.96. The van der Waals surface area contributed by atoms with E-state index in [0.717, 1.165) is 6.07 Å². The van der Waals surface area contributed by atoms with E-state index in [1.54, 1.807) is 0 Å². The minimum Gasteiger partial charge on any atom is -0.463 e. The molecule has 0 aliphatic rings. The van der Waals surface area contributed by atoms with E-state index in [4.69, 9.17) is 4.42 Å². The lowest BCUT2D eigenvalue weighted by Gasteiger charge is -2.28. The molecule has 3 N–H and O–H groups in total. The van der Waals surface area contributed by atoms with Crippen LogP contribution in [0.2, 0.25) is 0 Å². The standard InChI is InChI=1S/C15H16F3N3O3/c1-10-2-3-12(24-10)14(23,15(16,17)18)6-9-20-13(22)21-11-4-7-19-8-5-11/h2-5,7-8,23H,6,9H2,1H3,(H2,19,20,21,22)/t14-/m0/s1. The summed E-state index contributed by atoms with van der Waals surface area (Å²) in [6.07, 6.45) is -2.82. The van der Waals surface area contributed by atoms with Crippen molar-refractivity contribution in [3.8, 4) is 0 Å². The van der Waals surface area contributed by atoms with E-state index in [1.165, 1.54) is 37.5 Å². The minimum atomic E-state index is -4.94. The van der Waals surface area contributed by atoms with Crippen LogP contribution in [0, 0.1) is 6.92 Å². The normalized spacial score (nSPS) is 14.0. The molecule has 2 rings (SSSR count). The van der Waals surface area contributed by atoms with Crippen molar-refractivity contribution in [2.45, 2.75) is 25.1 Å². The van der Waals surface area contributed by atoms with Gasteiger partial charge in [0.15, 0.2) is 0 Å². The Morgan fingerprint density at radius 2 is 1.92 bits per heavy atom. The zero-order chi connectivity index (χ0) is 17.8. The van der Waals surface area contributed by atoms with Crippen LogP contribution in [0.3, 0.4) is 0 Å². The quantitative estimate of drug-likeness (QED) is 0.779. The second kappa shape index (κ2) is 6.91. The van der Waals surface area contributed by atoms with Gasteiger partial charge in [-0.1, -0.05) is 0 Å². The van der Waals surface area contributed by atoms with E-state index in [2.05, 4.69) is 15.6 Å². The molecule has 24 heavy (non-hydrogen) atoms. The van der Waals surface area contributed by atoms with E-state index in [0.29, 0.717) is 5.69 Å². The molecule has 0 aliphatic heterocycles. The largest absolute Gasteiger partial charge is 0.463 e. The molecule has 9 heteroatoms. The molecule has 2 aromatic heterocycles. The fourth-order valence-electron chi connectivity index (χ4n) is 2.03. The second-order valence-corrected chi connectivity index (χ2v) is 5.14. The third kappa shape index (κ3) is 4.05. The van der Waals surface area contributed by atoms with Crippen LogP contribution >= 0.6 is 0 Å². The van der Waals surface area contributed by atoms with Crippen LogP contribution in [0.4, 0.5) is 23.7 Å². The molecular formula is C15H16F3N3O3. The first-order chi connectivity index (χ1) is 11.2. The van der Waals surface area contributed by atoms with Gasteiger partial charge in [0, 0.05) is 31.0 Å². The van der Waals surface area contributed by atoms with Gasteiger partial charge >= 0.3 is 12.2 Å². The van der Waals surface area contributed by atoms with Crippen LogP contribution in [-0.4, -0.2) is 28.8 Å². The summed E-state index contributed by atoms with van der Waals surface area (Å²) in [6.45, 7) is 1.06. The van der Waals surface area contributed by atoms with Gasteiger partial charge in [0.05, 0.1) is 0 Å². The fourth-order valence-corrected chi connectivity index (χ4v) is 2.03. The highest BCUT2D eigenvalue weighted by molar-refractivity contribution is 5.89. The minimum absolute atomic E-state index is 0.246. The van der Waals surface area contributed by atoms with Crippen molar-refractivity contribution in [1.82, 2.24) is 10.3 Å². The van der Waals surface area contributed by atoms with Crippen LogP contribution < -0.4 is 10.6 Å². The van der Waals surface area contributed by atoms with Gasteiger partial charge in [-0.2, -0.15) is 13.2 Å². The number of carbonyl (C=O) groups is 1. The summed E-state index contributed by atoms with van der Waals surface area (Å²) in [5, 5.41) is 14.7. The summed E-state index contributed by atoms with van der Waals surface area (Å²) >= 11 is 0. The van der Waals surface area contributed by atoms with E-state index in [9.17, 15) is 23.1 Å². The van der Waals surface area contributed by atoms with Gasteiger partial charge in [0.1, 0.15) is 11.5 Å². The summed E-state index contributed by atoms with van der Waals surface area (Å²) in [7, 11) is 0.